The highest BCUT2D eigenvalue weighted by atomic mass is 32.1. The SMILES string of the molecule is c1ccc(-c2cc(-c3cc(-c4nc(-c5ccccc5)nc(-c5ccccc5)n4)ccc3-n3c4ccccc4c4c5sc6ccccc6c5ccc43)nc(-c3ccc(-c4cccc(N5c6ccccc6B6c7ccccc7N(c7ccccc7)c7cccc5c76)c4)cc3)n2)cc1. The van der Waals surface area contributed by atoms with E-state index < -0.39 is 0 Å². The van der Waals surface area contributed by atoms with Crippen LogP contribution in [0.15, 0.2) is 322 Å². The number of para-hydroxylation sites is 4. The van der Waals surface area contributed by atoms with Gasteiger partial charge in [0.05, 0.1) is 28.1 Å². The molecule has 2 aliphatic rings. The van der Waals surface area contributed by atoms with E-state index in [9.17, 15) is 0 Å². The third-order valence-electron chi connectivity index (χ3n) is 18.8. The second-order valence-corrected chi connectivity index (χ2v) is 25.3. The predicted octanol–water partition coefficient (Wildman–Crippen LogP) is 19.9. The number of thiophene rings is 1. The van der Waals surface area contributed by atoms with Crippen molar-refractivity contribution in [3.8, 4) is 84.9 Å². The smallest absolute Gasteiger partial charge is 0.252 e. The van der Waals surface area contributed by atoms with Crippen LogP contribution in [0, 0.1) is 0 Å². The minimum Gasteiger partial charge on any atom is -0.311 e. The van der Waals surface area contributed by atoms with Crippen molar-refractivity contribution in [1.82, 2.24) is 29.5 Å². The van der Waals surface area contributed by atoms with Crippen molar-refractivity contribution in [2.45, 2.75) is 0 Å². The van der Waals surface area contributed by atoms with E-state index in [0.717, 1.165) is 84.0 Å². The maximum Gasteiger partial charge on any atom is 0.252 e. The van der Waals surface area contributed by atoms with Gasteiger partial charge in [-0.1, -0.05) is 231 Å². The molecule has 0 radical (unpaired) electrons. The van der Waals surface area contributed by atoms with Gasteiger partial charge in [-0.2, -0.15) is 0 Å². The summed E-state index contributed by atoms with van der Waals surface area (Å²) in [5.74, 6) is 2.33. The number of rotatable bonds is 10. The first kappa shape index (κ1) is 54.4. The molecule has 8 nitrogen and oxygen atoms in total. The molecule has 19 rings (SSSR count). The Labute approximate surface area is 552 Å². The summed E-state index contributed by atoms with van der Waals surface area (Å²) in [6.07, 6.45) is 0. The van der Waals surface area contributed by atoms with Gasteiger partial charge in [-0.3, -0.25) is 0 Å². The summed E-state index contributed by atoms with van der Waals surface area (Å²) in [5, 5.41) is 4.92. The highest BCUT2D eigenvalue weighted by Gasteiger charge is 2.43. The van der Waals surface area contributed by atoms with E-state index >= 15 is 0 Å². The Balaban J connectivity index is 0.769. The van der Waals surface area contributed by atoms with Gasteiger partial charge in [-0.25, -0.2) is 24.9 Å². The lowest BCUT2D eigenvalue weighted by Crippen LogP contribution is -2.61. The number of nitrogens with zero attached hydrogens (tertiary/aromatic N) is 8. The highest BCUT2D eigenvalue weighted by Crippen LogP contribution is 2.47. The molecule has 442 valence electrons. The second kappa shape index (κ2) is 22.2. The molecule has 2 aliphatic heterocycles. The summed E-state index contributed by atoms with van der Waals surface area (Å²) >= 11 is 1.86. The maximum atomic E-state index is 5.67. The van der Waals surface area contributed by atoms with Crippen molar-refractivity contribution in [3.63, 3.8) is 0 Å². The van der Waals surface area contributed by atoms with Crippen molar-refractivity contribution in [3.05, 3.63) is 322 Å². The van der Waals surface area contributed by atoms with Gasteiger partial charge in [0.15, 0.2) is 23.3 Å². The number of anilines is 6. The Morgan fingerprint density at radius 3 is 1.47 bits per heavy atom. The van der Waals surface area contributed by atoms with E-state index in [1.54, 1.807) is 0 Å². The van der Waals surface area contributed by atoms with Crippen molar-refractivity contribution in [1.29, 1.82) is 0 Å². The Morgan fingerprint density at radius 1 is 0.284 bits per heavy atom. The summed E-state index contributed by atoms with van der Waals surface area (Å²) in [6.45, 7) is 0.0586. The van der Waals surface area contributed by atoms with E-state index in [1.807, 2.05) is 78.1 Å². The molecule has 95 heavy (non-hydrogen) atoms. The van der Waals surface area contributed by atoms with E-state index in [2.05, 4.69) is 269 Å². The van der Waals surface area contributed by atoms with E-state index in [0.29, 0.717) is 23.3 Å². The second-order valence-electron chi connectivity index (χ2n) is 24.3. The number of fused-ring (bicyclic) bond motifs is 11. The lowest BCUT2D eigenvalue weighted by atomic mass is 9.33. The van der Waals surface area contributed by atoms with Gasteiger partial charge in [0, 0.05) is 98.4 Å². The van der Waals surface area contributed by atoms with Crippen LogP contribution in [0.3, 0.4) is 0 Å². The molecule has 0 saturated heterocycles. The average Bonchev–Trinajstić information content (AvgIpc) is 1.44. The largest absolute Gasteiger partial charge is 0.311 e. The zero-order chi connectivity index (χ0) is 62.5. The fourth-order valence-corrected chi connectivity index (χ4v) is 15.8. The molecule has 0 spiro atoms. The minimum absolute atomic E-state index is 0.0586. The average molecular weight is 1230 g/mol. The van der Waals surface area contributed by atoms with Crippen molar-refractivity contribution < 1.29 is 0 Å². The molecule has 10 heteroatoms. The van der Waals surface area contributed by atoms with Crippen LogP contribution in [0.1, 0.15) is 0 Å². The Morgan fingerprint density at radius 2 is 0.779 bits per heavy atom. The molecule has 13 aromatic carbocycles. The van der Waals surface area contributed by atoms with Crippen molar-refractivity contribution in [2.75, 3.05) is 9.80 Å². The minimum atomic E-state index is 0.0586. The first-order chi connectivity index (χ1) is 47.1. The number of aromatic nitrogens is 6. The maximum absolute atomic E-state index is 5.67. The quantitative estimate of drug-likeness (QED) is 0.126. The van der Waals surface area contributed by atoms with Crippen LogP contribution in [-0.2, 0) is 0 Å². The zero-order valence-corrected chi connectivity index (χ0v) is 52.0. The van der Waals surface area contributed by atoms with Crippen LogP contribution in [0.2, 0.25) is 0 Å². The summed E-state index contributed by atoms with van der Waals surface area (Å²) in [7, 11) is 0. The van der Waals surface area contributed by atoms with Gasteiger partial charge in [0.2, 0.25) is 0 Å². The molecular weight excluding hydrogens is 1180 g/mol. The predicted molar refractivity (Wildman–Crippen MR) is 395 cm³/mol. The first-order valence-corrected chi connectivity index (χ1v) is 32.9. The molecule has 6 heterocycles. The van der Waals surface area contributed by atoms with Gasteiger partial charge >= 0.3 is 0 Å². The molecule has 0 bridgehead atoms. The fraction of sp³-hybridized carbons (Fsp3) is 0. The molecule has 0 aliphatic carbocycles. The summed E-state index contributed by atoms with van der Waals surface area (Å²) < 4.78 is 4.95. The molecule has 0 atom stereocenters. The summed E-state index contributed by atoms with van der Waals surface area (Å²) in [6, 6.07) is 115. The van der Waals surface area contributed by atoms with Crippen LogP contribution in [0.25, 0.3) is 127 Å². The van der Waals surface area contributed by atoms with Gasteiger partial charge in [0.1, 0.15) is 0 Å². The lowest BCUT2D eigenvalue weighted by molar-refractivity contribution is 1.07. The molecule has 0 fully saturated rings. The van der Waals surface area contributed by atoms with E-state index in [-0.39, 0.29) is 6.71 Å². The summed E-state index contributed by atoms with van der Waals surface area (Å²) in [4.78, 5) is 31.6. The third kappa shape index (κ3) is 9.02. The van der Waals surface area contributed by atoms with Crippen LogP contribution < -0.4 is 26.2 Å². The van der Waals surface area contributed by atoms with Gasteiger partial charge < -0.3 is 14.4 Å². The van der Waals surface area contributed by atoms with E-state index in [1.165, 1.54) is 70.1 Å². The Bertz CT molecular complexity index is 5820. The molecule has 0 amide bonds. The number of hydrogen-bond donors (Lipinski definition) is 0. The van der Waals surface area contributed by atoms with Crippen LogP contribution in [0.4, 0.5) is 34.1 Å². The number of hydrogen-bond acceptors (Lipinski definition) is 8. The van der Waals surface area contributed by atoms with E-state index in [4.69, 9.17) is 24.9 Å². The van der Waals surface area contributed by atoms with Crippen LogP contribution in [-0.4, -0.2) is 36.2 Å². The lowest BCUT2D eigenvalue weighted by Gasteiger charge is -2.44. The number of benzene rings is 13. The van der Waals surface area contributed by atoms with Crippen LogP contribution >= 0.6 is 11.3 Å². The molecule has 4 aromatic heterocycles. The molecule has 0 unspecified atom stereocenters. The van der Waals surface area contributed by atoms with Gasteiger partial charge in [-0.05, 0) is 119 Å². The Kier molecular flexibility index (Phi) is 12.7. The first-order valence-electron chi connectivity index (χ1n) is 32.1. The Hall–Kier alpha value is -12.4. The zero-order valence-electron chi connectivity index (χ0n) is 51.2. The topological polar surface area (TPSA) is 75.9 Å². The monoisotopic (exact) mass is 1230 g/mol. The fourth-order valence-electron chi connectivity index (χ4n) is 14.6. The molecule has 17 aromatic rings. The van der Waals surface area contributed by atoms with Crippen LogP contribution in [0.5, 0.6) is 0 Å². The standard InChI is InChI=1S/C85H53BN8S/c1-5-23-55(24-6-1)69-53-70(88-82(87-69)58-45-43-54(44-46-58)59-29-21-32-62(51-59)93-74-39-19-16-36-68(74)86-67-35-15-18-38-73(67)92(61-30-11-4-12-31-61)76-40-22-41-77(93)80(76)86)66-52-60(85-90-83(56-25-7-2-8-26-56)89-84(91-85)57-27-9-3-10-28-57)47-49-72(66)94-71-37-17-13-34-65(71)79-75(94)50-48-64-63-33-14-20-42-78(63)95-81(64)79/h1-53H. The molecule has 0 saturated carbocycles. The van der Waals surface area contributed by atoms with Crippen molar-refractivity contribution in [2.24, 2.45) is 0 Å². The van der Waals surface area contributed by atoms with Gasteiger partial charge in [0.25, 0.3) is 6.71 Å². The van der Waals surface area contributed by atoms with Crippen molar-refractivity contribution >= 4 is 111 Å². The third-order valence-corrected chi connectivity index (χ3v) is 20.1. The highest BCUT2D eigenvalue weighted by molar-refractivity contribution is 7.26. The normalized spacial score (nSPS) is 12.4. The molecule has 0 N–H and O–H groups in total. The van der Waals surface area contributed by atoms with Gasteiger partial charge in [-0.15, -0.1) is 11.3 Å². The summed E-state index contributed by atoms with van der Waals surface area (Å²) in [5.41, 5.74) is 23.1. The molecular formula is C85H53BN8S.